The number of halogens is 2. The van der Waals surface area contributed by atoms with Gasteiger partial charge in [-0.2, -0.15) is 0 Å². The maximum absolute atomic E-state index is 13.8. The number of aldehydes is 1. The largest absolute Gasteiger partial charge is 0.339 e. The molecule has 0 fully saturated rings. The highest BCUT2D eigenvalue weighted by Crippen LogP contribution is 2.23. The number of carbonyl (C=O) groups excluding carboxylic acids is 1. The van der Waals surface area contributed by atoms with Gasteiger partial charge in [0.25, 0.3) is 5.56 Å². The molecule has 20 heavy (non-hydrogen) atoms. The summed E-state index contributed by atoms with van der Waals surface area (Å²) in [7, 11) is 1.54. The highest BCUT2D eigenvalue weighted by molar-refractivity contribution is 14.1. The molecule has 0 spiro atoms. The zero-order valence-corrected chi connectivity index (χ0v) is 13.1. The zero-order valence-electron chi connectivity index (χ0n) is 10.9. The van der Waals surface area contributed by atoms with E-state index in [2.05, 4.69) is 5.32 Å². The van der Waals surface area contributed by atoms with Gasteiger partial charge in [0.05, 0.1) is 11.3 Å². The summed E-state index contributed by atoms with van der Waals surface area (Å²) >= 11 is 2.00. The normalized spacial score (nSPS) is 10.4. The van der Waals surface area contributed by atoms with Crippen LogP contribution < -0.4 is 10.9 Å². The van der Waals surface area contributed by atoms with Gasteiger partial charge in [-0.25, -0.2) is 4.39 Å². The van der Waals surface area contributed by atoms with Crippen molar-refractivity contribution in [3.63, 3.8) is 0 Å². The Balaban J connectivity index is 2.56. The Labute approximate surface area is 128 Å². The van der Waals surface area contributed by atoms with Crippen molar-refractivity contribution in [2.75, 3.05) is 5.32 Å². The summed E-state index contributed by atoms with van der Waals surface area (Å²) in [5.41, 5.74) is 0.752. The monoisotopic (exact) mass is 386 g/mol. The van der Waals surface area contributed by atoms with E-state index < -0.39 is 5.82 Å². The summed E-state index contributed by atoms with van der Waals surface area (Å²) in [5, 5.41) is 2.81. The van der Waals surface area contributed by atoms with E-state index in [1.165, 1.54) is 23.7 Å². The third-order valence-electron chi connectivity index (χ3n) is 2.93. The molecule has 1 N–H and O–H groups in total. The molecule has 1 aromatic carbocycles. The number of anilines is 2. The number of nitrogens with one attached hydrogen (secondary N) is 1. The highest BCUT2D eigenvalue weighted by atomic mass is 127. The molecule has 0 saturated heterocycles. The number of benzene rings is 1. The number of hydrogen-bond acceptors (Lipinski definition) is 3. The molecular formula is C14H12FIN2O2. The first kappa shape index (κ1) is 14.7. The summed E-state index contributed by atoms with van der Waals surface area (Å²) in [5.74, 6) is -0.169. The first-order valence-electron chi connectivity index (χ1n) is 5.82. The minimum absolute atomic E-state index is 0.215. The van der Waals surface area contributed by atoms with Crippen LogP contribution in [0, 0.1) is 16.3 Å². The third-order valence-corrected chi connectivity index (χ3v) is 3.60. The average Bonchev–Trinajstić information content (AvgIpc) is 2.41. The molecule has 1 heterocycles. The van der Waals surface area contributed by atoms with Crippen LogP contribution in [0.15, 0.2) is 29.1 Å². The van der Waals surface area contributed by atoms with Gasteiger partial charge in [-0.1, -0.05) is 0 Å². The molecule has 4 nitrogen and oxygen atoms in total. The summed E-state index contributed by atoms with van der Waals surface area (Å²) in [6.07, 6.45) is 0.638. The number of rotatable bonds is 3. The maximum atomic E-state index is 13.8. The molecule has 1 aromatic heterocycles. The summed E-state index contributed by atoms with van der Waals surface area (Å²) < 4.78 is 15.9. The van der Waals surface area contributed by atoms with Gasteiger partial charge >= 0.3 is 0 Å². The molecule has 0 aliphatic heterocycles. The summed E-state index contributed by atoms with van der Waals surface area (Å²) in [6.45, 7) is 1.63. The Bertz CT molecular complexity index is 741. The lowest BCUT2D eigenvalue weighted by molar-refractivity contribution is 0.112. The number of pyridine rings is 1. The van der Waals surface area contributed by atoms with E-state index in [1.54, 1.807) is 19.1 Å². The molecule has 0 radical (unpaired) electrons. The van der Waals surface area contributed by atoms with Gasteiger partial charge in [0.2, 0.25) is 0 Å². The van der Waals surface area contributed by atoms with Crippen molar-refractivity contribution >= 4 is 40.4 Å². The molecule has 6 heteroatoms. The van der Waals surface area contributed by atoms with Gasteiger partial charge < -0.3 is 5.32 Å². The number of carbonyl (C=O) groups is 1. The smallest absolute Gasteiger partial charge is 0.254 e. The molecule has 0 unspecified atom stereocenters. The van der Waals surface area contributed by atoms with Gasteiger partial charge in [0.1, 0.15) is 11.6 Å². The van der Waals surface area contributed by atoms with E-state index in [-0.39, 0.29) is 17.1 Å². The minimum Gasteiger partial charge on any atom is -0.339 e. The minimum atomic E-state index is -0.443. The van der Waals surface area contributed by atoms with Crippen molar-refractivity contribution in [2.24, 2.45) is 7.05 Å². The van der Waals surface area contributed by atoms with Gasteiger partial charge in [0, 0.05) is 16.2 Å². The fourth-order valence-corrected chi connectivity index (χ4v) is 2.34. The molecule has 0 bridgehead atoms. The van der Waals surface area contributed by atoms with Gasteiger partial charge in [-0.15, -0.1) is 0 Å². The molecule has 0 saturated carbocycles. The molecule has 0 aliphatic rings. The second-order valence-electron chi connectivity index (χ2n) is 4.36. The molecule has 104 valence electrons. The lowest BCUT2D eigenvalue weighted by Gasteiger charge is -2.14. The highest BCUT2D eigenvalue weighted by Gasteiger charge is 2.12. The van der Waals surface area contributed by atoms with Crippen LogP contribution >= 0.6 is 22.6 Å². The molecule has 2 rings (SSSR count). The van der Waals surface area contributed by atoms with Gasteiger partial charge in [-0.3, -0.25) is 14.2 Å². The van der Waals surface area contributed by atoms with Crippen LogP contribution in [0.4, 0.5) is 15.9 Å². The van der Waals surface area contributed by atoms with Crippen molar-refractivity contribution in [1.29, 1.82) is 0 Å². The van der Waals surface area contributed by atoms with E-state index in [1.807, 2.05) is 22.6 Å². The molecule has 2 aromatic rings. The van der Waals surface area contributed by atoms with Crippen LogP contribution in [0.5, 0.6) is 0 Å². The van der Waals surface area contributed by atoms with E-state index in [0.717, 1.165) is 3.57 Å². The second-order valence-corrected chi connectivity index (χ2v) is 5.61. The van der Waals surface area contributed by atoms with E-state index in [9.17, 15) is 14.0 Å². The Morgan fingerprint density at radius 2 is 2.05 bits per heavy atom. The Hall–Kier alpha value is -1.70. The quantitative estimate of drug-likeness (QED) is 0.652. The first-order chi connectivity index (χ1) is 9.43. The van der Waals surface area contributed by atoms with Crippen LogP contribution in [0.25, 0.3) is 0 Å². The maximum Gasteiger partial charge on any atom is 0.254 e. The number of nitrogens with zero attached hydrogens (tertiary/aromatic N) is 1. The van der Waals surface area contributed by atoms with Gasteiger partial charge in [0.15, 0.2) is 6.29 Å². The van der Waals surface area contributed by atoms with Crippen LogP contribution in [0.3, 0.4) is 0 Å². The number of aryl methyl sites for hydroxylation is 1. The lowest BCUT2D eigenvalue weighted by Crippen LogP contribution is -2.23. The molecule has 0 amide bonds. The predicted molar refractivity (Wildman–Crippen MR) is 84.2 cm³/mol. The van der Waals surface area contributed by atoms with Crippen LogP contribution in [0.1, 0.15) is 15.9 Å². The van der Waals surface area contributed by atoms with E-state index in [4.69, 9.17) is 0 Å². The fraction of sp³-hybridized carbons (Fsp3) is 0.143. The SMILES string of the molecule is Cc1cc(C=O)c(Nc2ccc(I)cc2F)n(C)c1=O. The standard InChI is InChI=1S/C14H12FIN2O2/c1-8-5-9(7-19)13(18(2)14(8)20)17-12-4-3-10(16)6-11(12)15/h3-7,17H,1-2H3. The Morgan fingerprint density at radius 3 is 2.65 bits per heavy atom. The van der Waals surface area contributed by atoms with Crippen molar-refractivity contribution < 1.29 is 9.18 Å². The van der Waals surface area contributed by atoms with Crippen LogP contribution in [0.2, 0.25) is 0 Å². The topological polar surface area (TPSA) is 51.1 Å². The van der Waals surface area contributed by atoms with E-state index in [0.29, 0.717) is 17.4 Å². The van der Waals surface area contributed by atoms with Crippen LogP contribution in [-0.2, 0) is 7.05 Å². The van der Waals surface area contributed by atoms with Gasteiger partial charge in [-0.05, 0) is 53.8 Å². The Morgan fingerprint density at radius 1 is 1.35 bits per heavy atom. The lowest BCUT2D eigenvalue weighted by atomic mass is 10.2. The Kier molecular flexibility index (Phi) is 4.22. The van der Waals surface area contributed by atoms with Crippen molar-refractivity contribution in [1.82, 2.24) is 4.57 Å². The third kappa shape index (κ3) is 2.74. The van der Waals surface area contributed by atoms with Crippen molar-refractivity contribution in [3.05, 3.63) is 55.1 Å². The predicted octanol–water partition coefficient (Wildman–Crippen LogP) is 2.99. The summed E-state index contributed by atoms with van der Waals surface area (Å²) in [6, 6.07) is 6.16. The molecule has 0 atom stereocenters. The van der Waals surface area contributed by atoms with Crippen LogP contribution in [-0.4, -0.2) is 10.9 Å². The number of hydrogen-bond donors (Lipinski definition) is 1. The number of aromatic nitrogens is 1. The molecular weight excluding hydrogens is 374 g/mol. The summed E-state index contributed by atoms with van der Waals surface area (Å²) in [4.78, 5) is 23.0. The van der Waals surface area contributed by atoms with Crippen molar-refractivity contribution in [2.45, 2.75) is 6.92 Å². The first-order valence-corrected chi connectivity index (χ1v) is 6.90. The second kappa shape index (κ2) is 5.74. The van der Waals surface area contributed by atoms with Crippen molar-refractivity contribution in [3.8, 4) is 0 Å². The van der Waals surface area contributed by atoms with E-state index >= 15 is 0 Å². The zero-order chi connectivity index (χ0) is 14.9. The average molecular weight is 386 g/mol. The fourth-order valence-electron chi connectivity index (χ4n) is 1.89. The molecule has 0 aliphatic carbocycles.